The Hall–Kier alpha value is -1.18. The quantitative estimate of drug-likeness (QED) is 0.771. The van der Waals surface area contributed by atoms with Gasteiger partial charge in [-0.3, -0.25) is 0 Å². The minimum Gasteiger partial charge on any atom is -0.496 e. The molecule has 2 heteroatoms. The largest absolute Gasteiger partial charge is 0.496 e. The van der Waals surface area contributed by atoms with E-state index in [-0.39, 0.29) is 0 Å². The third kappa shape index (κ3) is 1.17. The Morgan fingerprint density at radius 2 is 2.21 bits per heavy atom. The van der Waals surface area contributed by atoms with Crippen LogP contribution in [0.15, 0.2) is 18.2 Å². The Labute approximate surface area is 84.3 Å². The van der Waals surface area contributed by atoms with Crippen molar-refractivity contribution in [1.82, 2.24) is 0 Å². The summed E-state index contributed by atoms with van der Waals surface area (Å²) in [6, 6.07) is 6.93. The minimum atomic E-state index is 0.668. The van der Waals surface area contributed by atoms with Gasteiger partial charge in [0.1, 0.15) is 5.75 Å². The van der Waals surface area contributed by atoms with Gasteiger partial charge in [-0.1, -0.05) is 6.07 Å². The Morgan fingerprint density at radius 1 is 1.36 bits per heavy atom. The summed E-state index contributed by atoms with van der Waals surface area (Å²) in [5, 5.41) is 3.59. The number of fused-ring (bicyclic) bond motifs is 1. The van der Waals surface area contributed by atoms with Crippen molar-refractivity contribution in [2.24, 2.45) is 5.92 Å². The van der Waals surface area contributed by atoms with Crippen LogP contribution < -0.4 is 10.1 Å². The highest BCUT2D eigenvalue weighted by atomic mass is 16.5. The molecule has 74 valence electrons. The molecule has 0 radical (unpaired) electrons. The van der Waals surface area contributed by atoms with Gasteiger partial charge in [0.2, 0.25) is 0 Å². The van der Waals surface area contributed by atoms with E-state index in [1.165, 1.54) is 24.1 Å². The van der Waals surface area contributed by atoms with Gasteiger partial charge in [-0.05, 0) is 37.3 Å². The summed E-state index contributed by atoms with van der Waals surface area (Å²) in [6.07, 6.45) is 3.94. The molecule has 1 aromatic rings. The number of hydrogen-bond acceptors (Lipinski definition) is 2. The van der Waals surface area contributed by atoms with Crippen LogP contribution in [0.3, 0.4) is 0 Å². The molecule has 2 aliphatic rings. The van der Waals surface area contributed by atoms with Gasteiger partial charge in [0.05, 0.1) is 7.11 Å². The summed E-state index contributed by atoms with van der Waals surface area (Å²) in [4.78, 5) is 0. The van der Waals surface area contributed by atoms with Gasteiger partial charge < -0.3 is 10.1 Å². The summed E-state index contributed by atoms with van der Waals surface area (Å²) < 4.78 is 5.37. The SMILES string of the molecule is COc1cccc2c1CC(C1CC1)N2. The van der Waals surface area contributed by atoms with Crippen molar-refractivity contribution in [3.63, 3.8) is 0 Å². The van der Waals surface area contributed by atoms with Crippen molar-refractivity contribution in [2.75, 3.05) is 12.4 Å². The number of rotatable bonds is 2. The number of anilines is 1. The van der Waals surface area contributed by atoms with Crippen LogP contribution in [-0.2, 0) is 6.42 Å². The highest BCUT2D eigenvalue weighted by Gasteiger charge is 2.35. The predicted molar refractivity (Wildman–Crippen MR) is 56.8 cm³/mol. The second-order valence-corrected chi connectivity index (χ2v) is 4.28. The standard InChI is InChI=1S/C12H15NO/c1-14-12-4-2-3-10-9(12)7-11(13-10)8-5-6-8/h2-4,8,11,13H,5-7H2,1H3. The lowest BCUT2D eigenvalue weighted by Gasteiger charge is -2.07. The number of benzene rings is 1. The average Bonchev–Trinajstić information content (AvgIpc) is 2.97. The molecule has 1 atom stereocenters. The lowest BCUT2D eigenvalue weighted by atomic mass is 10.1. The fourth-order valence-corrected chi connectivity index (χ4v) is 2.36. The first-order valence-electron chi connectivity index (χ1n) is 5.31. The van der Waals surface area contributed by atoms with Crippen LogP contribution in [0.5, 0.6) is 5.75 Å². The monoisotopic (exact) mass is 189 g/mol. The molecular weight excluding hydrogens is 174 g/mol. The normalized spacial score (nSPS) is 24.2. The molecule has 0 spiro atoms. The van der Waals surface area contributed by atoms with Crippen LogP contribution in [0, 0.1) is 5.92 Å². The fraction of sp³-hybridized carbons (Fsp3) is 0.500. The second-order valence-electron chi connectivity index (χ2n) is 4.28. The highest BCUT2D eigenvalue weighted by molar-refractivity contribution is 5.62. The second kappa shape index (κ2) is 2.91. The molecule has 1 heterocycles. The summed E-state index contributed by atoms with van der Waals surface area (Å²) in [7, 11) is 1.75. The zero-order chi connectivity index (χ0) is 9.54. The summed E-state index contributed by atoms with van der Waals surface area (Å²) >= 11 is 0. The molecule has 1 aromatic carbocycles. The molecule has 1 N–H and O–H groups in total. The van der Waals surface area contributed by atoms with E-state index in [4.69, 9.17) is 4.74 Å². The molecule has 1 saturated carbocycles. The van der Waals surface area contributed by atoms with Crippen LogP contribution in [0.2, 0.25) is 0 Å². The lowest BCUT2D eigenvalue weighted by Crippen LogP contribution is -2.17. The molecule has 0 bridgehead atoms. The minimum absolute atomic E-state index is 0.668. The van der Waals surface area contributed by atoms with E-state index in [1.54, 1.807) is 7.11 Å². The van der Waals surface area contributed by atoms with E-state index < -0.39 is 0 Å². The van der Waals surface area contributed by atoms with E-state index in [0.717, 1.165) is 18.1 Å². The maximum atomic E-state index is 5.37. The van der Waals surface area contributed by atoms with E-state index >= 15 is 0 Å². The fourth-order valence-electron chi connectivity index (χ4n) is 2.36. The van der Waals surface area contributed by atoms with Crippen LogP contribution in [-0.4, -0.2) is 13.2 Å². The van der Waals surface area contributed by atoms with Gasteiger partial charge in [0, 0.05) is 17.3 Å². The number of methoxy groups -OCH3 is 1. The van der Waals surface area contributed by atoms with E-state index in [9.17, 15) is 0 Å². The molecule has 2 nitrogen and oxygen atoms in total. The van der Waals surface area contributed by atoms with Crippen molar-refractivity contribution < 1.29 is 4.74 Å². The molecule has 1 unspecified atom stereocenters. The summed E-state index contributed by atoms with van der Waals surface area (Å²) in [5.74, 6) is 1.95. The van der Waals surface area contributed by atoms with E-state index in [2.05, 4.69) is 23.5 Å². The molecule has 14 heavy (non-hydrogen) atoms. The first-order chi connectivity index (χ1) is 6.88. The van der Waals surface area contributed by atoms with Crippen molar-refractivity contribution in [1.29, 1.82) is 0 Å². The first kappa shape index (κ1) is 8.16. The van der Waals surface area contributed by atoms with Crippen LogP contribution >= 0.6 is 0 Å². The molecule has 1 fully saturated rings. The Kier molecular flexibility index (Phi) is 1.69. The topological polar surface area (TPSA) is 21.3 Å². The van der Waals surface area contributed by atoms with Gasteiger partial charge in [0.15, 0.2) is 0 Å². The summed E-state index contributed by atoms with van der Waals surface area (Å²) in [6.45, 7) is 0. The van der Waals surface area contributed by atoms with Gasteiger partial charge in [-0.15, -0.1) is 0 Å². The van der Waals surface area contributed by atoms with Gasteiger partial charge in [-0.2, -0.15) is 0 Å². The third-order valence-corrected chi connectivity index (χ3v) is 3.31. The maximum absolute atomic E-state index is 5.37. The zero-order valence-electron chi connectivity index (χ0n) is 8.42. The van der Waals surface area contributed by atoms with Crippen LogP contribution in [0.4, 0.5) is 5.69 Å². The predicted octanol–water partition coefficient (Wildman–Crippen LogP) is 2.44. The van der Waals surface area contributed by atoms with Crippen molar-refractivity contribution in [3.8, 4) is 5.75 Å². The Balaban J connectivity index is 1.92. The van der Waals surface area contributed by atoms with E-state index in [0.29, 0.717) is 6.04 Å². The van der Waals surface area contributed by atoms with Gasteiger partial charge in [-0.25, -0.2) is 0 Å². The van der Waals surface area contributed by atoms with Crippen molar-refractivity contribution >= 4 is 5.69 Å². The molecule has 1 aliphatic carbocycles. The van der Waals surface area contributed by atoms with Crippen LogP contribution in [0.25, 0.3) is 0 Å². The number of hydrogen-bond donors (Lipinski definition) is 1. The van der Waals surface area contributed by atoms with Crippen molar-refractivity contribution in [3.05, 3.63) is 23.8 Å². The first-order valence-corrected chi connectivity index (χ1v) is 5.31. The average molecular weight is 189 g/mol. The number of ether oxygens (including phenoxy) is 1. The maximum Gasteiger partial charge on any atom is 0.124 e. The van der Waals surface area contributed by atoms with Gasteiger partial charge >= 0.3 is 0 Å². The molecule has 0 aromatic heterocycles. The zero-order valence-corrected chi connectivity index (χ0v) is 8.42. The molecule has 3 rings (SSSR count). The van der Waals surface area contributed by atoms with Gasteiger partial charge in [0.25, 0.3) is 0 Å². The molecule has 0 amide bonds. The number of nitrogens with one attached hydrogen (secondary N) is 1. The smallest absolute Gasteiger partial charge is 0.124 e. The van der Waals surface area contributed by atoms with E-state index in [1.807, 2.05) is 0 Å². The van der Waals surface area contributed by atoms with Crippen molar-refractivity contribution in [2.45, 2.75) is 25.3 Å². The van der Waals surface area contributed by atoms with Crippen LogP contribution in [0.1, 0.15) is 18.4 Å². The Bertz CT molecular complexity index is 357. The molecular formula is C12H15NO. The summed E-state index contributed by atoms with van der Waals surface area (Å²) in [5.41, 5.74) is 2.65. The molecule has 1 aliphatic heterocycles. The Morgan fingerprint density at radius 3 is 2.93 bits per heavy atom. The lowest BCUT2D eigenvalue weighted by molar-refractivity contribution is 0.410. The molecule has 0 saturated heterocycles. The third-order valence-electron chi connectivity index (χ3n) is 3.31. The highest BCUT2D eigenvalue weighted by Crippen LogP contribution is 2.42.